The van der Waals surface area contributed by atoms with E-state index in [1.165, 1.54) is 16.7 Å². The molecule has 8 amide bonds. The lowest BCUT2D eigenvalue weighted by Crippen LogP contribution is -2.50. The van der Waals surface area contributed by atoms with E-state index in [1.807, 2.05) is 0 Å². The van der Waals surface area contributed by atoms with Crippen LogP contribution in [-0.2, 0) is 67.1 Å². The van der Waals surface area contributed by atoms with Gasteiger partial charge in [-0.1, -0.05) is 19.3 Å². The molecule has 4 aliphatic heterocycles. The molecule has 0 aliphatic carbocycles. The van der Waals surface area contributed by atoms with Crippen molar-refractivity contribution in [3.8, 4) is 0 Å². The van der Waals surface area contributed by atoms with Gasteiger partial charge in [-0.05, 0) is 56.6 Å². The number of nitrogens with one attached hydrogen (secondary N) is 4. The van der Waals surface area contributed by atoms with Crippen molar-refractivity contribution >= 4 is 119 Å². The number of likely N-dealkylation sites (tertiary alicyclic amines) is 2. The number of aliphatic carboxylic acids is 6. The fourth-order valence-electron chi connectivity index (χ4n) is 11.2. The number of hydrogen-bond acceptors (Lipinski definition) is 26. The zero-order valence-electron chi connectivity index (χ0n) is 57.4. The lowest BCUT2D eigenvalue weighted by atomic mass is 10.2. The van der Waals surface area contributed by atoms with Crippen molar-refractivity contribution in [3.05, 3.63) is 0 Å². The molecule has 4 rings (SSSR count). The van der Waals surface area contributed by atoms with Crippen molar-refractivity contribution in [2.24, 2.45) is 5.73 Å². The van der Waals surface area contributed by atoms with Gasteiger partial charge in [0, 0.05) is 163 Å². The average molecular weight is 1480 g/mol. The van der Waals surface area contributed by atoms with E-state index < -0.39 is 58.1 Å². The summed E-state index contributed by atoms with van der Waals surface area (Å²) in [5.74, 6) is -6.91. The molecule has 12 N–H and O–H groups in total. The van der Waals surface area contributed by atoms with Crippen LogP contribution in [0.25, 0.3) is 0 Å². The third-order valence-electron chi connectivity index (χ3n) is 16.6. The highest BCUT2D eigenvalue weighted by atomic mass is 32.2. The number of carboxylic acid groups (broad SMARTS) is 6. The summed E-state index contributed by atoms with van der Waals surface area (Å²) in [6, 6.07) is 0. The molecule has 38 heteroatoms. The molecule has 4 fully saturated rings. The minimum Gasteiger partial charge on any atom is -0.480 e. The Labute approximate surface area is 598 Å². The van der Waals surface area contributed by atoms with Crippen LogP contribution in [0, 0.1) is 0 Å². The molecule has 35 nitrogen and oxygen atoms in total. The van der Waals surface area contributed by atoms with Crippen LogP contribution in [-0.4, -0.2) is 393 Å². The number of amides is 8. The van der Waals surface area contributed by atoms with E-state index in [0.29, 0.717) is 44.9 Å². The number of carboxylic acids is 6. The minimum absolute atomic E-state index is 0.0144. The number of carbonyl (C=O) groups is 14. The standard InChI is InChI=1S/C33H57N7O10S2.C29H50N8O10S/c41-27(34-8-4-2-5-19-51)7-3-1-6-20-52-26-21-29(43)40(33(26)50)10-9-35-28(42)22-36-11-13-37(23-30(44)45)15-17-39(25-32(48)49)18-16-38(14-12-36)24-31(46)47;30-4-2-1-3-5-31-24(39)21-48-22-16-25(40)37(29(22)47)7-6-32-23(38)17-33-8-10-34(18-26(41)42)12-14-36(20-28(45)46)15-13-35(11-9-33)19-27(43)44/h26,51H,1-25H2,(H,34,41)(H,35,42)(H,44,45)(H,46,47)(H,48,49);22H,1-21,30H2,(H,31,39)(H,32,38)(H,41,42)(H,43,44)(H,45,46). The zero-order valence-corrected chi connectivity index (χ0v) is 59.9. The van der Waals surface area contributed by atoms with Gasteiger partial charge in [0.1, 0.15) is 0 Å². The molecule has 0 aromatic rings. The molecule has 4 aliphatic rings. The number of rotatable bonds is 42. The normalized spacial score (nSPS) is 19.1. The van der Waals surface area contributed by atoms with Crippen molar-refractivity contribution in [1.82, 2.24) is 70.3 Å². The highest BCUT2D eigenvalue weighted by Gasteiger charge is 2.40. The average Bonchev–Trinajstić information content (AvgIpc) is 1.70. The molecule has 568 valence electrons. The van der Waals surface area contributed by atoms with E-state index >= 15 is 0 Å². The lowest BCUT2D eigenvalue weighted by molar-refractivity contribution is -0.140. The summed E-state index contributed by atoms with van der Waals surface area (Å²) in [7, 11) is 0. The summed E-state index contributed by atoms with van der Waals surface area (Å²) in [5.41, 5.74) is 5.46. The Morgan fingerprint density at radius 1 is 0.370 bits per heavy atom. The number of nitrogens with zero attached hydrogens (tertiary/aromatic N) is 10. The first-order chi connectivity index (χ1) is 47.7. The van der Waals surface area contributed by atoms with Crippen LogP contribution in [0.3, 0.4) is 0 Å². The fraction of sp³-hybridized carbons (Fsp3) is 0.774. The van der Waals surface area contributed by atoms with Crippen molar-refractivity contribution in [3.63, 3.8) is 0 Å². The monoisotopic (exact) mass is 1480 g/mol. The molecule has 0 saturated carbocycles. The predicted molar refractivity (Wildman–Crippen MR) is 374 cm³/mol. The number of unbranched alkanes of at least 4 members (excludes halogenated alkanes) is 6. The van der Waals surface area contributed by atoms with E-state index in [-0.39, 0.29) is 224 Å². The van der Waals surface area contributed by atoms with Gasteiger partial charge >= 0.3 is 35.8 Å². The summed E-state index contributed by atoms with van der Waals surface area (Å²) in [4.78, 5) is 185. The van der Waals surface area contributed by atoms with E-state index in [0.717, 1.165) is 80.2 Å². The SMILES string of the molecule is NCCCCCNC(=O)CSC1CC(=O)N(CCNC(=O)CN2CCN(CC(=O)O)CCN(CC(=O)O)CCN(CC(=O)O)CC2)C1=O.O=C(O)CN1CCN(CC(=O)O)CCN(CC(=O)NCCN2C(=O)CC(SCCCCCC(=O)NCCCCCS)C2=O)CCN(CC(=O)O)CC1. The number of carbonyl (C=O) groups excluding carboxylic acids is 8. The van der Waals surface area contributed by atoms with Gasteiger partial charge in [0.25, 0.3) is 0 Å². The van der Waals surface area contributed by atoms with Crippen molar-refractivity contribution in [1.29, 1.82) is 0 Å². The third kappa shape index (κ3) is 39.8. The van der Waals surface area contributed by atoms with Crippen molar-refractivity contribution in [2.45, 2.75) is 87.5 Å². The number of nitrogens with two attached hydrogens (primary N) is 1. The summed E-state index contributed by atoms with van der Waals surface area (Å²) in [6.07, 6.45) is 8.64. The molecule has 2 unspecified atom stereocenters. The Hall–Kier alpha value is -6.33. The maximum atomic E-state index is 13.0. The quantitative estimate of drug-likeness (QED) is 0.0157. The van der Waals surface area contributed by atoms with Gasteiger partial charge in [-0.15, -0.1) is 23.5 Å². The van der Waals surface area contributed by atoms with Crippen LogP contribution in [0.4, 0.5) is 0 Å². The maximum Gasteiger partial charge on any atom is 0.317 e. The summed E-state index contributed by atoms with van der Waals surface area (Å²) < 4.78 is 0. The maximum absolute atomic E-state index is 13.0. The van der Waals surface area contributed by atoms with Gasteiger partial charge in [-0.2, -0.15) is 12.6 Å². The predicted octanol–water partition coefficient (Wildman–Crippen LogP) is -4.10. The minimum atomic E-state index is -1.05. The molecular weight excluding hydrogens is 1370 g/mol. The first-order valence-electron chi connectivity index (χ1n) is 34.1. The van der Waals surface area contributed by atoms with E-state index in [2.05, 4.69) is 33.9 Å². The summed E-state index contributed by atoms with van der Waals surface area (Å²) in [5, 5.41) is 66.2. The molecule has 2 atom stereocenters. The van der Waals surface area contributed by atoms with Crippen molar-refractivity contribution < 1.29 is 97.8 Å². The number of hydrogen-bond donors (Lipinski definition) is 12. The molecule has 0 spiro atoms. The second-order valence-electron chi connectivity index (χ2n) is 24.8. The van der Waals surface area contributed by atoms with E-state index in [1.54, 1.807) is 39.2 Å². The van der Waals surface area contributed by atoms with Crippen LogP contribution in [0.5, 0.6) is 0 Å². The Morgan fingerprint density at radius 2 is 0.670 bits per heavy atom. The smallest absolute Gasteiger partial charge is 0.317 e. The highest BCUT2D eigenvalue weighted by Crippen LogP contribution is 2.27. The van der Waals surface area contributed by atoms with Crippen LogP contribution in [0.15, 0.2) is 0 Å². The zero-order chi connectivity index (χ0) is 73.8. The van der Waals surface area contributed by atoms with Crippen LogP contribution in [0.1, 0.15) is 77.0 Å². The Bertz CT molecular complexity index is 2580. The molecule has 0 aromatic heterocycles. The van der Waals surface area contributed by atoms with Gasteiger partial charge < -0.3 is 57.6 Å². The lowest BCUT2D eigenvalue weighted by Gasteiger charge is -2.32. The first-order valence-corrected chi connectivity index (χ1v) is 36.9. The van der Waals surface area contributed by atoms with Gasteiger partial charge in [0.2, 0.25) is 47.3 Å². The molecule has 100 heavy (non-hydrogen) atoms. The van der Waals surface area contributed by atoms with Gasteiger partial charge in [-0.25, -0.2) is 0 Å². The molecule has 0 radical (unpaired) electrons. The van der Waals surface area contributed by atoms with Crippen molar-refractivity contribution in [2.75, 3.05) is 220 Å². The second-order valence-corrected chi connectivity index (χ2v) is 27.7. The molecule has 0 bridgehead atoms. The molecular formula is C62H107N15O20S3. The van der Waals surface area contributed by atoms with Gasteiger partial charge in [0.05, 0.1) is 68.6 Å². The fourth-order valence-corrected chi connectivity index (χ4v) is 13.6. The number of thioether (sulfide) groups is 2. The molecule has 0 aromatic carbocycles. The first kappa shape index (κ1) is 87.9. The van der Waals surface area contributed by atoms with Gasteiger partial charge in [0.15, 0.2) is 0 Å². The number of thiol groups is 1. The third-order valence-corrected chi connectivity index (χ3v) is 19.4. The Kier molecular flexibility index (Phi) is 44.7. The van der Waals surface area contributed by atoms with Crippen LogP contribution in [0.2, 0.25) is 0 Å². The molecule has 4 saturated heterocycles. The van der Waals surface area contributed by atoms with E-state index in [9.17, 15) is 97.8 Å². The Morgan fingerprint density at radius 3 is 1.00 bits per heavy atom. The van der Waals surface area contributed by atoms with E-state index in [4.69, 9.17) is 5.73 Å². The van der Waals surface area contributed by atoms with Crippen LogP contribution < -0.4 is 27.0 Å². The van der Waals surface area contributed by atoms with Crippen LogP contribution >= 0.6 is 36.2 Å². The largest absolute Gasteiger partial charge is 0.480 e. The Balaban J connectivity index is 0.000000522. The number of imide groups is 2. The van der Waals surface area contributed by atoms with Gasteiger partial charge in [-0.3, -0.25) is 116 Å². The molecule has 4 heterocycles. The topological polar surface area (TPSA) is 467 Å². The summed E-state index contributed by atoms with van der Waals surface area (Å²) in [6.45, 7) is 4.50. The second kappa shape index (κ2) is 50.9. The summed E-state index contributed by atoms with van der Waals surface area (Å²) >= 11 is 6.73. The highest BCUT2D eigenvalue weighted by molar-refractivity contribution is 8.01.